The van der Waals surface area contributed by atoms with E-state index in [1.165, 1.54) is 0 Å². The Bertz CT molecular complexity index is 395. The number of hydrogen-bond acceptors (Lipinski definition) is 4. The van der Waals surface area contributed by atoms with Crippen LogP contribution in [-0.2, 0) is 4.74 Å². The highest BCUT2D eigenvalue weighted by atomic mass is 16.5. The molecule has 0 saturated carbocycles. The van der Waals surface area contributed by atoms with E-state index in [-0.39, 0.29) is 18.2 Å². The van der Waals surface area contributed by atoms with E-state index in [0.717, 1.165) is 18.7 Å². The molecule has 18 heavy (non-hydrogen) atoms. The molecule has 4 heteroatoms. The van der Waals surface area contributed by atoms with E-state index in [0.29, 0.717) is 12.4 Å². The summed E-state index contributed by atoms with van der Waals surface area (Å²) in [5.74, 6) is 0.355. The zero-order chi connectivity index (χ0) is 13.1. The van der Waals surface area contributed by atoms with Gasteiger partial charge >= 0.3 is 0 Å². The number of aromatic hydroxyl groups is 1. The number of morpholine rings is 1. The fourth-order valence-corrected chi connectivity index (χ4v) is 2.40. The van der Waals surface area contributed by atoms with Crippen molar-refractivity contribution in [2.45, 2.75) is 32.0 Å². The Kier molecular flexibility index (Phi) is 4.22. The summed E-state index contributed by atoms with van der Waals surface area (Å²) in [7, 11) is 0. The second-order valence-electron chi connectivity index (χ2n) is 5.00. The van der Waals surface area contributed by atoms with Crippen LogP contribution in [0.2, 0.25) is 0 Å². The molecule has 3 unspecified atom stereocenters. The molecule has 0 amide bonds. The van der Waals surface area contributed by atoms with Gasteiger partial charge in [-0.25, -0.2) is 0 Å². The van der Waals surface area contributed by atoms with Crippen molar-refractivity contribution < 1.29 is 9.84 Å². The maximum atomic E-state index is 9.90. The monoisotopic (exact) mass is 250 g/mol. The first-order chi connectivity index (χ1) is 8.59. The molecule has 0 radical (unpaired) electrons. The summed E-state index contributed by atoms with van der Waals surface area (Å²) in [4.78, 5) is 2.31. The molecule has 0 aliphatic carbocycles. The largest absolute Gasteiger partial charge is 0.508 e. The maximum absolute atomic E-state index is 9.90. The van der Waals surface area contributed by atoms with E-state index in [1.807, 2.05) is 25.1 Å². The van der Waals surface area contributed by atoms with Crippen LogP contribution in [0.15, 0.2) is 24.3 Å². The molecule has 0 spiro atoms. The van der Waals surface area contributed by atoms with E-state index >= 15 is 0 Å². The first-order valence-corrected chi connectivity index (χ1v) is 6.48. The van der Waals surface area contributed by atoms with E-state index in [2.05, 4.69) is 11.8 Å². The topological polar surface area (TPSA) is 58.7 Å². The number of phenolic OH excluding ortho intramolecular Hbond substituents is 1. The fourth-order valence-electron chi connectivity index (χ4n) is 2.40. The Balaban J connectivity index is 2.09. The number of para-hydroxylation sites is 1. The van der Waals surface area contributed by atoms with E-state index in [9.17, 15) is 5.11 Å². The first-order valence-electron chi connectivity index (χ1n) is 6.48. The van der Waals surface area contributed by atoms with Crippen molar-refractivity contribution in [3.05, 3.63) is 29.8 Å². The Labute approximate surface area is 108 Å². The number of ether oxygens (including phenoxy) is 1. The van der Waals surface area contributed by atoms with Gasteiger partial charge in [0.25, 0.3) is 0 Å². The summed E-state index contributed by atoms with van der Waals surface area (Å²) in [6.45, 7) is 6.47. The van der Waals surface area contributed by atoms with Crippen LogP contribution in [0.1, 0.15) is 25.5 Å². The lowest BCUT2D eigenvalue weighted by atomic mass is 10.0. The van der Waals surface area contributed by atoms with Crippen LogP contribution in [-0.4, -0.2) is 41.8 Å². The molecule has 100 valence electrons. The van der Waals surface area contributed by atoms with Crippen molar-refractivity contribution in [3.8, 4) is 5.75 Å². The second kappa shape index (κ2) is 5.69. The maximum Gasteiger partial charge on any atom is 0.120 e. The summed E-state index contributed by atoms with van der Waals surface area (Å²) in [6, 6.07) is 7.71. The second-order valence-corrected chi connectivity index (χ2v) is 5.00. The SMILES string of the molecule is CC(N)C1CN(C(C)c2ccccc2O)CCO1. The van der Waals surface area contributed by atoms with Gasteiger partial charge in [0.15, 0.2) is 0 Å². The van der Waals surface area contributed by atoms with Crippen molar-refractivity contribution in [1.29, 1.82) is 0 Å². The molecule has 2 rings (SSSR count). The average Bonchev–Trinajstić information content (AvgIpc) is 2.38. The summed E-state index contributed by atoms with van der Waals surface area (Å²) in [5.41, 5.74) is 6.86. The van der Waals surface area contributed by atoms with Crippen LogP contribution in [0.3, 0.4) is 0 Å². The minimum absolute atomic E-state index is 0.0318. The van der Waals surface area contributed by atoms with Crippen molar-refractivity contribution in [3.63, 3.8) is 0 Å². The smallest absolute Gasteiger partial charge is 0.120 e. The molecular formula is C14H22N2O2. The normalized spacial score (nSPS) is 24.7. The standard InChI is InChI=1S/C14H22N2O2/c1-10(15)14-9-16(7-8-18-14)11(2)12-5-3-4-6-13(12)17/h3-6,10-11,14,17H,7-9,15H2,1-2H3. The predicted octanol–water partition coefficient (Wildman–Crippen LogP) is 1.50. The molecule has 4 nitrogen and oxygen atoms in total. The number of phenols is 1. The molecule has 1 aromatic carbocycles. The van der Waals surface area contributed by atoms with Crippen LogP contribution in [0, 0.1) is 0 Å². The highest BCUT2D eigenvalue weighted by molar-refractivity contribution is 5.34. The number of nitrogens with two attached hydrogens (primary N) is 1. The Hall–Kier alpha value is -1.10. The zero-order valence-electron chi connectivity index (χ0n) is 11.0. The van der Waals surface area contributed by atoms with Crippen LogP contribution < -0.4 is 5.73 Å². The highest BCUT2D eigenvalue weighted by Crippen LogP contribution is 2.29. The molecule has 1 fully saturated rings. The molecule has 1 heterocycles. The Morgan fingerprint density at radius 2 is 2.11 bits per heavy atom. The highest BCUT2D eigenvalue weighted by Gasteiger charge is 2.27. The van der Waals surface area contributed by atoms with Crippen molar-refractivity contribution in [2.75, 3.05) is 19.7 Å². The van der Waals surface area contributed by atoms with Gasteiger partial charge in [0.05, 0.1) is 12.7 Å². The average molecular weight is 250 g/mol. The van der Waals surface area contributed by atoms with Gasteiger partial charge in [-0.15, -0.1) is 0 Å². The van der Waals surface area contributed by atoms with Crippen LogP contribution in [0.5, 0.6) is 5.75 Å². The molecule has 1 aromatic rings. The van der Waals surface area contributed by atoms with Crippen LogP contribution in [0.4, 0.5) is 0 Å². The lowest BCUT2D eigenvalue weighted by Gasteiger charge is -2.38. The molecule has 1 aliphatic rings. The fraction of sp³-hybridized carbons (Fsp3) is 0.571. The third kappa shape index (κ3) is 2.83. The van der Waals surface area contributed by atoms with Crippen molar-refractivity contribution >= 4 is 0 Å². The molecular weight excluding hydrogens is 228 g/mol. The summed E-state index contributed by atoms with van der Waals surface area (Å²) < 4.78 is 5.66. The minimum atomic E-state index is 0.0318. The number of hydrogen-bond donors (Lipinski definition) is 2. The molecule has 0 bridgehead atoms. The summed E-state index contributed by atoms with van der Waals surface area (Å²) in [5, 5.41) is 9.90. The van der Waals surface area contributed by atoms with Gasteiger partial charge in [-0.3, -0.25) is 4.90 Å². The predicted molar refractivity (Wildman–Crippen MR) is 71.5 cm³/mol. The summed E-state index contributed by atoms with van der Waals surface area (Å²) in [6.07, 6.45) is 0.0760. The van der Waals surface area contributed by atoms with Crippen molar-refractivity contribution in [2.24, 2.45) is 5.73 Å². The summed E-state index contributed by atoms with van der Waals surface area (Å²) >= 11 is 0. The van der Waals surface area contributed by atoms with Gasteiger partial charge in [-0.1, -0.05) is 18.2 Å². The first kappa shape index (κ1) is 13.3. The number of nitrogens with zero attached hydrogens (tertiary/aromatic N) is 1. The lowest BCUT2D eigenvalue weighted by Crippen LogP contribution is -2.50. The quantitative estimate of drug-likeness (QED) is 0.853. The Morgan fingerprint density at radius 3 is 2.78 bits per heavy atom. The lowest BCUT2D eigenvalue weighted by molar-refractivity contribution is -0.0500. The van der Waals surface area contributed by atoms with Crippen molar-refractivity contribution in [1.82, 2.24) is 4.90 Å². The number of benzene rings is 1. The Morgan fingerprint density at radius 1 is 1.39 bits per heavy atom. The molecule has 0 aromatic heterocycles. The zero-order valence-corrected chi connectivity index (χ0v) is 11.0. The molecule has 1 aliphatic heterocycles. The van der Waals surface area contributed by atoms with Gasteiger partial charge in [-0.2, -0.15) is 0 Å². The molecule has 3 N–H and O–H groups in total. The minimum Gasteiger partial charge on any atom is -0.508 e. The van der Waals surface area contributed by atoms with Gasteiger partial charge in [-0.05, 0) is 19.9 Å². The third-order valence-electron chi connectivity index (χ3n) is 3.65. The van der Waals surface area contributed by atoms with E-state index < -0.39 is 0 Å². The van der Waals surface area contributed by atoms with Gasteiger partial charge < -0.3 is 15.6 Å². The van der Waals surface area contributed by atoms with Gasteiger partial charge in [0.2, 0.25) is 0 Å². The van der Waals surface area contributed by atoms with Crippen LogP contribution in [0.25, 0.3) is 0 Å². The molecule has 1 saturated heterocycles. The van der Waals surface area contributed by atoms with Crippen LogP contribution >= 0.6 is 0 Å². The third-order valence-corrected chi connectivity index (χ3v) is 3.65. The molecule has 3 atom stereocenters. The van der Waals surface area contributed by atoms with E-state index in [4.69, 9.17) is 10.5 Å². The number of rotatable bonds is 3. The van der Waals surface area contributed by atoms with Gasteiger partial charge in [0, 0.05) is 30.7 Å². The van der Waals surface area contributed by atoms with E-state index in [1.54, 1.807) is 6.07 Å². The van der Waals surface area contributed by atoms with Gasteiger partial charge in [0.1, 0.15) is 5.75 Å².